The van der Waals surface area contributed by atoms with E-state index in [1.807, 2.05) is 43.0 Å². The van der Waals surface area contributed by atoms with Crippen molar-refractivity contribution < 1.29 is 14.0 Å². The van der Waals surface area contributed by atoms with Gasteiger partial charge in [-0.05, 0) is 26.0 Å². The third kappa shape index (κ3) is 5.39. The predicted molar refractivity (Wildman–Crippen MR) is 113 cm³/mol. The molecule has 0 N–H and O–H groups in total. The summed E-state index contributed by atoms with van der Waals surface area (Å²) in [6, 6.07) is 7.52. The van der Waals surface area contributed by atoms with Gasteiger partial charge in [0.15, 0.2) is 0 Å². The molecule has 0 atom stereocenters. The maximum atomic E-state index is 13.1. The molecule has 3 rings (SSSR count). The van der Waals surface area contributed by atoms with E-state index in [9.17, 15) is 9.59 Å². The number of nitrogens with zero attached hydrogens (tertiary/aromatic N) is 4. The summed E-state index contributed by atoms with van der Waals surface area (Å²) in [7, 11) is 3.47. The second-order valence-corrected chi connectivity index (χ2v) is 8.41. The quantitative estimate of drug-likeness (QED) is 0.674. The van der Waals surface area contributed by atoms with Gasteiger partial charge in [-0.3, -0.25) is 14.5 Å². The fourth-order valence-corrected chi connectivity index (χ4v) is 4.14. The number of thioether (sulfide) groups is 1. The van der Waals surface area contributed by atoms with Gasteiger partial charge >= 0.3 is 0 Å². The average molecular weight is 417 g/mol. The number of hydrogen-bond acceptors (Lipinski definition) is 6. The minimum Gasteiger partial charge on any atom is -0.444 e. The van der Waals surface area contributed by atoms with Crippen molar-refractivity contribution in [1.82, 2.24) is 19.7 Å². The molecule has 1 saturated heterocycles. The molecule has 1 aliphatic rings. The minimum atomic E-state index is 0.0212. The van der Waals surface area contributed by atoms with E-state index in [0.29, 0.717) is 31.0 Å². The smallest absolute Gasteiger partial charge is 0.255 e. The Bertz CT molecular complexity index is 853. The van der Waals surface area contributed by atoms with Crippen LogP contribution in [-0.4, -0.2) is 77.5 Å². The summed E-state index contributed by atoms with van der Waals surface area (Å²) in [5, 5.41) is 0. The molecule has 2 aromatic rings. The van der Waals surface area contributed by atoms with Crippen molar-refractivity contribution in [1.29, 1.82) is 0 Å². The number of rotatable bonds is 6. The maximum absolute atomic E-state index is 13.1. The van der Waals surface area contributed by atoms with E-state index in [2.05, 4.69) is 9.88 Å². The van der Waals surface area contributed by atoms with Crippen LogP contribution in [0.15, 0.2) is 33.6 Å². The van der Waals surface area contributed by atoms with E-state index in [1.54, 1.807) is 19.0 Å². The second-order valence-electron chi connectivity index (χ2n) is 7.39. The number of oxazole rings is 1. The Balaban J connectivity index is 1.58. The minimum absolute atomic E-state index is 0.0212. The molecule has 8 heteroatoms. The molecule has 1 fully saturated rings. The van der Waals surface area contributed by atoms with Crippen LogP contribution in [0.5, 0.6) is 0 Å². The number of hydrogen-bond donors (Lipinski definition) is 0. The summed E-state index contributed by atoms with van der Waals surface area (Å²) in [5.41, 5.74) is 1.59. The first-order valence-electron chi connectivity index (χ1n) is 9.71. The van der Waals surface area contributed by atoms with E-state index < -0.39 is 0 Å². The number of piperazine rings is 1. The van der Waals surface area contributed by atoms with Crippen molar-refractivity contribution in [2.45, 2.75) is 25.3 Å². The summed E-state index contributed by atoms with van der Waals surface area (Å²) in [6.07, 6.45) is 0. The molecule has 0 unspecified atom stereocenters. The zero-order chi connectivity index (χ0) is 21.0. The van der Waals surface area contributed by atoms with Gasteiger partial charge in [0.2, 0.25) is 11.8 Å². The summed E-state index contributed by atoms with van der Waals surface area (Å²) in [4.78, 5) is 36.0. The van der Waals surface area contributed by atoms with E-state index in [1.165, 1.54) is 11.8 Å². The average Bonchev–Trinajstić information content (AvgIpc) is 3.03. The monoisotopic (exact) mass is 416 g/mol. The van der Waals surface area contributed by atoms with Gasteiger partial charge < -0.3 is 14.2 Å². The van der Waals surface area contributed by atoms with Crippen molar-refractivity contribution in [3.63, 3.8) is 0 Å². The van der Waals surface area contributed by atoms with Crippen molar-refractivity contribution in [3.8, 4) is 0 Å². The van der Waals surface area contributed by atoms with Crippen LogP contribution >= 0.6 is 11.8 Å². The normalized spacial score (nSPS) is 14.8. The van der Waals surface area contributed by atoms with Crippen molar-refractivity contribution in [3.05, 3.63) is 47.2 Å². The largest absolute Gasteiger partial charge is 0.444 e. The number of carbonyl (C=O) groups excluding carboxylic acids is 2. The zero-order valence-corrected chi connectivity index (χ0v) is 18.3. The summed E-state index contributed by atoms with van der Waals surface area (Å²) in [6.45, 7) is 7.40. The first-order chi connectivity index (χ1) is 13.8. The summed E-state index contributed by atoms with van der Waals surface area (Å²) < 4.78 is 5.67. The SMILES string of the molecule is Cc1nc(CN2CCN(C(=O)c3ccccc3SCC(=O)N(C)C)CC2)oc1C. The zero-order valence-electron chi connectivity index (χ0n) is 17.5. The number of benzene rings is 1. The van der Waals surface area contributed by atoms with Gasteiger partial charge in [0.1, 0.15) is 5.76 Å². The standard InChI is InChI=1S/C21H28N4O3S/c1-15-16(2)28-19(22-15)13-24-9-11-25(12-10-24)21(27)17-7-5-6-8-18(17)29-14-20(26)23(3)4/h5-8H,9-14H2,1-4H3. The van der Waals surface area contributed by atoms with Crippen molar-refractivity contribution in [2.75, 3.05) is 46.0 Å². The van der Waals surface area contributed by atoms with Crippen LogP contribution in [-0.2, 0) is 11.3 Å². The predicted octanol–water partition coefficient (Wildman–Crippen LogP) is 2.43. The molecule has 1 aromatic carbocycles. The van der Waals surface area contributed by atoms with Gasteiger partial charge in [0.05, 0.1) is 23.6 Å². The van der Waals surface area contributed by atoms with Crippen LogP contribution in [0.4, 0.5) is 0 Å². The molecule has 156 valence electrons. The molecular formula is C21H28N4O3S. The molecule has 2 heterocycles. The highest BCUT2D eigenvalue weighted by atomic mass is 32.2. The van der Waals surface area contributed by atoms with Crippen LogP contribution < -0.4 is 0 Å². The third-order valence-corrected chi connectivity index (χ3v) is 6.12. The summed E-state index contributed by atoms with van der Waals surface area (Å²) in [5.74, 6) is 1.96. The molecular weight excluding hydrogens is 388 g/mol. The number of carbonyl (C=O) groups is 2. The highest BCUT2D eigenvalue weighted by molar-refractivity contribution is 8.00. The Morgan fingerprint density at radius 1 is 1.14 bits per heavy atom. The Morgan fingerprint density at radius 3 is 2.45 bits per heavy atom. The van der Waals surface area contributed by atoms with Crippen LogP contribution in [0.1, 0.15) is 27.7 Å². The number of amides is 2. The molecule has 0 saturated carbocycles. The molecule has 1 aromatic heterocycles. The Morgan fingerprint density at radius 2 is 1.83 bits per heavy atom. The highest BCUT2D eigenvalue weighted by Gasteiger charge is 2.25. The Kier molecular flexibility index (Phi) is 6.97. The lowest BCUT2D eigenvalue weighted by atomic mass is 10.2. The van der Waals surface area contributed by atoms with Crippen LogP contribution in [0, 0.1) is 13.8 Å². The molecule has 29 heavy (non-hydrogen) atoms. The number of aryl methyl sites for hydroxylation is 2. The first kappa shape index (κ1) is 21.4. The lowest BCUT2D eigenvalue weighted by Crippen LogP contribution is -2.48. The Labute approximate surface area is 176 Å². The molecule has 1 aliphatic heterocycles. The summed E-state index contributed by atoms with van der Waals surface area (Å²) >= 11 is 1.41. The molecule has 0 spiro atoms. The lowest BCUT2D eigenvalue weighted by molar-refractivity contribution is -0.125. The highest BCUT2D eigenvalue weighted by Crippen LogP contribution is 2.25. The topological polar surface area (TPSA) is 69.9 Å². The molecule has 0 radical (unpaired) electrons. The van der Waals surface area contributed by atoms with Crippen LogP contribution in [0.3, 0.4) is 0 Å². The van der Waals surface area contributed by atoms with Crippen LogP contribution in [0.25, 0.3) is 0 Å². The van der Waals surface area contributed by atoms with E-state index in [0.717, 1.165) is 35.3 Å². The van der Waals surface area contributed by atoms with Gasteiger partial charge in [-0.2, -0.15) is 0 Å². The molecule has 2 amide bonds. The van der Waals surface area contributed by atoms with Gasteiger partial charge in [-0.1, -0.05) is 12.1 Å². The molecule has 0 aliphatic carbocycles. The third-order valence-electron chi connectivity index (χ3n) is 5.06. The van der Waals surface area contributed by atoms with Gasteiger partial charge in [0, 0.05) is 45.2 Å². The van der Waals surface area contributed by atoms with E-state index >= 15 is 0 Å². The fourth-order valence-electron chi connectivity index (χ4n) is 3.12. The second kappa shape index (κ2) is 9.45. The van der Waals surface area contributed by atoms with E-state index in [4.69, 9.17) is 4.42 Å². The van der Waals surface area contributed by atoms with Crippen molar-refractivity contribution in [2.24, 2.45) is 0 Å². The van der Waals surface area contributed by atoms with Gasteiger partial charge in [0.25, 0.3) is 5.91 Å². The maximum Gasteiger partial charge on any atom is 0.255 e. The van der Waals surface area contributed by atoms with Crippen LogP contribution in [0.2, 0.25) is 0 Å². The first-order valence-corrected chi connectivity index (χ1v) is 10.7. The van der Waals surface area contributed by atoms with E-state index in [-0.39, 0.29) is 11.8 Å². The molecule has 7 nitrogen and oxygen atoms in total. The molecule has 0 bridgehead atoms. The number of aromatic nitrogens is 1. The lowest BCUT2D eigenvalue weighted by Gasteiger charge is -2.34. The Hall–Kier alpha value is -2.32. The van der Waals surface area contributed by atoms with Gasteiger partial charge in [-0.15, -0.1) is 11.8 Å². The fraction of sp³-hybridized carbons (Fsp3) is 0.476. The van der Waals surface area contributed by atoms with Crippen molar-refractivity contribution >= 4 is 23.6 Å². The van der Waals surface area contributed by atoms with Gasteiger partial charge in [-0.25, -0.2) is 4.98 Å².